The zero-order valence-corrected chi connectivity index (χ0v) is 21.2. The monoisotopic (exact) mass is 486 g/mol. The molecule has 1 heterocycles. The van der Waals surface area contributed by atoms with Gasteiger partial charge in [-0.3, -0.25) is 14.3 Å². The molecule has 0 amide bonds. The van der Waals surface area contributed by atoms with Crippen molar-refractivity contribution in [2.75, 3.05) is 37.2 Å². The van der Waals surface area contributed by atoms with Gasteiger partial charge in [-0.15, -0.1) is 0 Å². The fraction of sp³-hybridized carbons (Fsp3) is 0.462. The Bertz CT molecular complexity index is 1120. The Morgan fingerprint density at radius 1 is 1.06 bits per heavy atom. The van der Waals surface area contributed by atoms with Crippen molar-refractivity contribution in [3.8, 4) is 5.75 Å². The molecule has 0 atom stereocenters. The van der Waals surface area contributed by atoms with Crippen molar-refractivity contribution in [1.29, 1.82) is 0 Å². The predicted octanol–water partition coefficient (Wildman–Crippen LogP) is 4.26. The third-order valence-electron chi connectivity index (χ3n) is 6.09. The van der Waals surface area contributed by atoms with Crippen molar-refractivity contribution in [2.24, 2.45) is 11.3 Å². The second kappa shape index (κ2) is 10.7. The summed E-state index contributed by atoms with van der Waals surface area (Å²) in [5.41, 5.74) is 0.993. The van der Waals surface area contributed by atoms with Crippen molar-refractivity contribution >= 4 is 27.3 Å². The van der Waals surface area contributed by atoms with Crippen LogP contribution in [0.2, 0.25) is 0 Å². The van der Waals surface area contributed by atoms with Gasteiger partial charge < -0.3 is 9.64 Å². The molecule has 7 nitrogen and oxygen atoms in total. The molecule has 0 unspecified atom stereocenters. The number of hydrogen-bond donors (Lipinski definition) is 1. The number of carbonyl (C=O) groups excluding carboxylic acids is 2. The Kier molecular flexibility index (Phi) is 8.15. The van der Waals surface area contributed by atoms with Crippen molar-refractivity contribution in [2.45, 2.75) is 33.6 Å². The van der Waals surface area contributed by atoms with Crippen LogP contribution in [-0.2, 0) is 10.0 Å². The lowest BCUT2D eigenvalue weighted by atomic mass is 9.82. The number of carbonyl (C=O) groups is 2. The maximum Gasteiger partial charge on any atom is 0.229 e. The van der Waals surface area contributed by atoms with E-state index < -0.39 is 15.4 Å². The molecule has 0 bridgehead atoms. The summed E-state index contributed by atoms with van der Waals surface area (Å²) in [6.45, 7) is 8.36. The average Bonchev–Trinajstić information content (AvgIpc) is 2.78. The minimum atomic E-state index is -3.36. The van der Waals surface area contributed by atoms with Crippen LogP contribution in [-0.4, -0.2) is 57.4 Å². The van der Waals surface area contributed by atoms with E-state index >= 15 is 0 Å². The first kappa shape index (κ1) is 25.9. The van der Waals surface area contributed by atoms with Crippen LogP contribution in [0.3, 0.4) is 0 Å². The SMILES string of the molecule is CCOc1ccccc1C(=O)C1CCN(CC(C)(C)C(=O)c2ccc(NS(C)(=O)=O)cc2)CC1. The number of para-hydroxylation sites is 1. The van der Waals surface area contributed by atoms with E-state index in [1.807, 2.05) is 45.0 Å². The van der Waals surface area contributed by atoms with E-state index in [2.05, 4.69) is 9.62 Å². The molecule has 1 fully saturated rings. The highest BCUT2D eigenvalue weighted by Gasteiger charge is 2.34. The van der Waals surface area contributed by atoms with Gasteiger partial charge in [0.1, 0.15) is 5.75 Å². The molecule has 0 radical (unpaired) electrons. The molecule has 1 aliphatic rings. The Balaban J connectivity index is 1.58. The van der Waals surface area contributed by atoms with Crippen LogP contribution in [0.15, 0.2) is 48.5 Å². The molecule has 3 rings (SSSR count). The number of sulfonamides is 1. The number of nitrogens with zero attached hydrogens (tertiary/aromatic N) is 1. The summed E-state index contributed by atoms with van der Waals surface area (Å²) in [6, 6.07) is 13.9. The van der Waals surface area contributed by atoms with E-state index in [9.17, 15) is 18.0 Å². The third kappa shape index (κ3) is 6.67. The first-order chi connectivity index (χ1) is 16.0. The van der Waals surface area contributed by atoms with Crippen LogP contribution in [0.4, 0.5) is 5.69 Å². The van der Waals surface area contributed by atoms with E-state index in [1.54, 1.807) is 24.3 Å². The first-order valence-corrected chi connectivity index (χ1v) is 13.5. The number of Topliss-reactive ketones (excluding diaryl/α,β-unsaturated/α-hetero) is 2. The summed E-state index contributed by atoms with van der Waals surface area (Å²) >= 11 is 0. The fourth-order valence-corrected chi connectivity index (χ4v) is 5.01. The molecule has 0 spiro atoms. The highest BCUT2D eigenvalue weighted by molar-refractivity contribution is 7.92. The van der Waals surface area contributed by atoms with Crippen molar-refractivity contribution in [1.82, 2.24) is 4.90 Å². The van der Waals surface area contributed by atoms with Crippen LogP contribution in [0.1, 0.15) is 54.3 Å². The summed E-state index contributed by atoms with van der Waals surface area (Å²) in [7, 11) is -3.36. The number of ketones is 2. The Morgan fingerprint density at radius 2 is 1.68 bits per heavy atom. The van der Waals surface area contributed by atoms with Gasteiger partial charge >= 0.3 is 0 Å². The molecule has 1 saturated heterocycles. The van der Waals surface area contributed by atoms with Gasteiger partial charge in [-0.2, -0.15) is 0 Å². The van der Waals surface area contributed by atoms with Gasteiger partial charge in [0.05, 0.1) is 18.4 Å². The van der Waals surface area contributed by atoms with Gasteiger partial charge in [0, 0.05) is 29.1 Å². The fourth-order valence-electron chi connectivity index (χ4n) is 4.45. The molecule has 2 aromatic carbocycles. The molecule has 1 N–H and O–H groups in total. The second-order valence-electron chi connectivity index (χ2n) is 9.51. The van der Waals surface area contributed by atoms with E-state index in [0.717, 1.165) is 32.2 Å². The van der Waals surface area contributed by atoms with Gasteiger partial charge in [-0.1, -0.05) is 26.0 Å². The topological polar surface area (TPSA) is 92.8 Å². The Hall–Kier alpha value is -2.71. The standard InChI is InChI=1S/C26H34N2O5S/c1-5-33-23-9-7-6-8-22(23)24(29)19-14-16-28(17-15-19)18-26(2,3)25(30)20-10-12-21(13-11-20)27-34(4,31)32/h6-13,19,27H,5,14-18H2,1-4H3. The van der Waals surface area contributed by atoms with Gasteiger partial charge in [0.2, 0.25) is 10.0 Å². The van der Waals surface area contributed by atoms with Crippen LogP contribution in [0, 0.1) is 11.3 Å². The molecule has 1 aliphatic heterocycles. The maximum absolute atomic E-state index is 13.2. The zero-order valence-electron chi connectivity index (χ0n) is 20.3. The molecule has 184 valence electrons. The number of ether oxygens (including phenoxy) is 1. The molecular weight excluding hydrogens is 452 g/mol. The number of hydrogen-bond acceptors (Lipinski definition) is 6. The summed E-state index contributed by atoms with van der Waals surface area (Å²) in [5.74, 6) is 0.720. The molecule has 34 heavy (non-hydrogen) atoms. The van der Waals surface area contributed by atoms with Gasteiger partial charge in [-0.25, -0.2) is 8.42 Å². The van der Waals surface area contributed by atoms with Crippen LogP contribution in [0.25, 0.3) is 0 Å². The molecule has 0 saturated carbocycles. The molecule has 8 heteroatoms. The van der Waals surface area contributed by atoms with Gasteiger partial charge in [-0.05, 0) is 69.3 Å². The van der Waals surface area contributed by atoms with Crippen LogP contribution in [0.5, 0.6) is 5.75 Å². The zero-order chi connectivity index (χ0) is 24.9. The summed E-state index contributed by atoms with van der Waals surface area (Å²) in [6.07, 6.45) is 2.58. The highest BCUT2D eigenvalue weighted by atomic mass is 32.2. The lowest BCUT2D eigenvalue weighted by Crippen LogP contribution is -2.44. The van der Waals surface area contributed by atoms with E-state index in [4.69, 9.17) is 4.74 Å². The molecule has 2 aromatic rings. The summed E-state index contributed by atoms with van der Waals surface area (Å²) < 4.78 is 30.8. The Morgan fingerprint density at radius 3 is 2.26 bits per heavy atom. The number of piperidine rings is 1. The highest BCUT2D eigenvalue weighted by Crippen LogP contribution is 2.30. The van der Waals surface area contributed by atoms with E-state index in [1.165, 1.54) is 0 Å². The largest absolute Gasteiger partial charge is 0.493 e. The quantitative estimate of drug-likeness (QED) is 0.505. The number of nitrogens with one attached hydrogen (secondary N) is 1. The number of benzene rings is 2. The maximum atomic E-state index is 13.2. The second-order valence-corrected chi connectivity index (χ2v) is 11.3. The molecular formula is C26H34N2O5S. The Labute approximate surface area is 202 Å². The van der Waals surface area contributed by atoms with Crippen molar-refractivity contribution in [3.05, 3.63) is 59.7 Å². The molecule has 0 aromatic heterocycles. The van der Waals surface area contributed by atoms with E-state index in [0.29, 0.717) is 35.7 Å². The lowest BCUT2D eigenvalue weighted by Gasteiger charge is -2.36. The average molecular weight is 487 g/mol. The third-order valence-corrected chi connectivity index (χ3v) is 6.70. The lowest BCUT2D eigenvalue weighted by molar-refractivity contribution is 0.0676. The molecule has 0 aliphatic carbocycles. The van der Waals surface area contributed by atoms with Gasteiger partial charge in [0.15, 0.2) is 11.6 Å². The normalized spacial score (nSPS) is 15.6. The predicted molar refractivity (Wildman–Crippen MR) is 134 cm³/mol. The minimum Gasteiger partial charge on any atom is -0.493 e. The van der Waals surface area contributed by atoms with E-state index in [-0.39, 0.29) is 17.5 Å². The van der Waals surface area contributed by atoms with Crippen molar-refractivity contribution < 1.29 is 22.7 Å². The van der Waals surface area contributed by atoms with Crippen molar-refractivity contribution in [3.63, 3.8) is 0 Å². The van der Waals surface area contributed by atoms with Crippen LogP contribution >= 0.6 is 0 Å². The summed E-state index contributed by atoms with van der Waals surface area (Å²) in [4.78, 5) is 28.5. The number of rotatable bonds is 10. The minimum absolute atomic E-state index is 0.00208. The number of likely N-dealkylation sites (tertiary alicyclic amines) is 1. The smallest absolute Gasteiger partial charge is 0.229 e. The van der Waals surface area contributed by atoms with Crippen LogP contribution < -0.4 is 9.46 Å². The number of anilines is 1. The first-order valence-electron chi connectivity index (χ1n) is 11.6. The van der Waals surface area contributed by atoms with Gasteiger partial charge in [0.25, 0.3) is 0 Å². The summed E-state index contributed by atoms with van der Waals surface area (Å²) in [5, 5.41) is 0.